The van der Waals surface area contributed by atoms with Gasteiger partial charge in [0, 0.05) is 17.5 Å². The molecule has 1 aliphatic carbocycles. The zero-order chi connectivity index (χ0) is 12.4. The molecule has 4 heteroatoms. The predicted molar refractivity (Wildman–Crippen MR) is 73.4 cm³/mol. The van der Waals surface area contributed by atoms with Crippen LogP contribution in [0.5, 0.6) is 0 Å². The van der Waals surface area contributed by atoms with Crippen LogP contribution >= 0.6 is 11.3 Å². The first-order valence-corrected chi connectivity index (χ1v) is 7.28. The second kappa shape index (κ2) is 5.26. The van der Waals surface area contributed by atoms with E-state index in [0.29, 0.717) is 18.6 Å². The summed E-state index contributed by atoms with van der Waals surface area (Å²) in [6.07, 6.45) is 4.30. The summed E-state index contributed by atoms with van der Waals surface area (Å²) in [6, 6.07) is 9.26. The van der Waals surface area contributed by atoms with Crippen molar-refractivity contribution in [3.8, 4) is 0 Å². The van der Waals surface area contributed by atoms with Crippen LogP contribution in [0.15, 0.2) is 40.3 Å². The van der Waals surface area contributed by atoms with Gasteiger partial charge in [0.2, 0.25) is 0 Å². The summed E-state index contributed by atoms with van der Waals surface area (Å²) in [5.41, 5.74) is 5.99. The average molecular weight is 262 g/mol. The van der Waals surface area contributed by atoms with Crippen LogP contribution in [-0.4, -0.2) is 17.5 Å². The minimum atomic E-state index is 0.322. The summed E-state index contributed by atoms with van der Waals surface area (Å²) in [7, 11) is 0. The molecule has 3 nitrogen and oxygen atoms in total. The zero-order valence-electron chi connectivity index (χ0n) is 10.3. The smallest absolute Gasteiger partial charge is 0.117 e. The lowest BCUT2D eigenvalue weighted by Crippen LogP contribution is -2.34. The summed E-state index contributed by atoms with van der Waals surface area (Å²) in [5, 5.41) is 2.12. The van der Waals surface area contributed by atoms with Crippen LogP contribution < -0.4 is 5.73 Å². The van der Waals surface area contributed by atoms with Gasteiger partial charge in [-0.25, -0.2) is 0 Å². The molecule has 0 amide bonds. The summed E-state index contributed by atoms with van der Waals surface area (Å²) < 4.78 is 5.47. The van der Waals surface area contributed by atoms with Gasteiger partial charge >= 0.3 is 0 Å². The number of hydrogen-bond acceptors (Lipinski definition) is 4. The fourth-order valence-electron chi connectivity index (χ4n) is 2.38. The average Bonchev–Trinajstić information content (AvgIpc) is 2.89. The van der Waals surface area contributed by atoms with Crippen molar-refractivity contribution in [2.24, 2.45) is 5.73 Å². The van der Waals surface area contributed by atoms with Crippen molar-refractivity contribution in [1.29, 1.82) is 0 Å². The number of furan rings is 1. The van der Waals surface area contributed by atoms with E-state index in [1.165, 1.54) is 17.7 Å². The maximum absolute atomic E-state index is 5.99. The molecule has 1 atom stereocenters. The van der Waals surface area contributed by atoms with Crippen LogP contribution in [0.4, 0.5) is 0 Å². The van der Waals surface area contributed by atoms with Gasteiger partial charge in [0.05, 0.1) is 18.8 Å². The Morgan fingerprint density at radius 2 is 2.28 bits per heavy atom. The predicted octanol–water partition coefficient (Wildman–Crippen LogP) is 3.01. The molecule has 1 fully saturated rings. The Morgan fingerprint density at radius 3 is 2.83 bits per heavy atom. The van der Waals surface area contributed by atoms with Gasteiger partial charge in [-0.15, -0.1) is 11.3 Å². The Hall–Kier alpha value is -1.10. The molecule has 18 heavy (non-hydrogen) atoms. The van der Waals surface area contributed by atoms with Crippen LogP contribution in [0.2, 0.25) is 0 Å². The molecule has 0 saturated heterocycles. The molecule has 0 radical (unpaired) electrons. The van der Waals surface area contributed by atoms with Gasteiger partial charge in [-0.1, -0.05) is 6.07 Å². The quantitative estimate of drug-likeness (QED) is 0.870. The number of nitrogens with zero attached hydrogens (tertiary/aromatic N) is 1. The largest absolute Gasteiger partial charge is 0.468 e. The lowest BCUT2D eigenvalue weighted by atomic mass is 10.2. The van der Waals surface area contributed by atoms with E-state index in [1.807, 2.05) is 12.1 Å². The first kappa shape index (κ1) is 12.0. The van der Waals surface area contributed by atoms with E-state index < -0.39 is 0 Å². The molecule has 3 rings (SSSR count). The number of thiophene rings is 1. The summed E-state index contributed by atoms with van der Waals surface area (Å²) >= 11 is 1.79. The molecule has 2 aromatic heterocycles. The lowest BCUT2D eigenvalue weighted by molar-refractivity contribution is 0.170. The molecule has 2 N–H and O–H groups in total. The molecule has 0 spiro atoms. The van der Waals surface area contributed by atoms with E-state index in [2.05, 4.69) is 22.4 Å². The molecule has 2 aromatic rings. The maximum atomic E-state index is 5.99. The van der Waals surface area contributed by atoms with Crippen molar-refractivity contribution < 1.29 is 4.42 Å². The van der Waals surface area contributed by atoms with Crippen LogP contribution in [0, 0.1) is 0 Å². The van der Waals surface area contributed by atoms with E-state index >= 15 is 0 Å². The Balaban J connectivity index is 1.79. The Kier molecular flexibility index (Phi) is 3.50. The van der Waals surface area contributed by atoms with Crippen molar-refractivity contribution in [3.05, 3.63) is 46.5 Å². The Bertz CT molecular complexity index is 462. The van der Waals surface area contributed by atoms with E-state index in [0.717, 1.165) is 12.3 Å². The first-order valence-electron chi connectivity index (χ1n) is 6.40. The normalized spacial score (nSPS) is 17.2. The van der Waals surface area contributed by atoms with Gasteiger partial charge in [0.15, 0.2) is 0 Å². The summed E-state index contributed by atoms with van der Waals surface area (Å²) in [4.78, 5) is 3.85. The van der Waals surface area contributed by atoms with Gasteiger partial charge < -0.3 is 10.2 Å². The monoisotopic (exact) mass is 262 g/mol. The molecule has 0 bridgehead atoms. The van der Waals surface area contributed by atoms with Crippen molar-refractivity contribution >= 4 is 11.3 Å². The zero-order valence-corrected chi connectivity index (χ0v) is 11.1. The van der Waals surface area contributed by atoms with Crippen molar-refractivity contribution in [1.82, 2.24) is 4.90 Å². The molecule has 1 unspecified atom stereocenters. The van der Waals surface area contributed by atoms with Crippen LogP contribution in [0.3, 0.4) is 0 Å². The SMILES string of the molecule is NCC(c1cccs1)N(Cc1ccco1)C1CC1. The van der Waals surface area contributed by atoms with Gasteiger partial charge in [0.1, 0.15) is 5.76 Å². The minimum Gasteiger partial charge on any atom is -0.468 e. The van der Waals surface area contributed by atoms with Crippen molar-refractivity contribution in [2.45, 2.75) is 31.5 Å². The molecule has 0 aromatic carbocycles. The molecule has 1 aliphatic rings. The van der Waals surface area contributed by atoms with Crippen molar-refractivity contribution in [2.75, 3.05) is 6.54 Å². The van der Waals surface area contributed by atoms with Gasteiger partial charge in [-0.3, -0.25) is 4.90 Å². The minimum absolute atomic E-state index is 0.322. The van der Waals surface area contributed by atoms with E-state index in [4.69, 9.17) is 10.2 Å². The third-order valence-electron chi connectivity index (χ3n) is 3.43. The second-order valence-electron chi connectivity index (χ2n) is 4.75. The van der Waals surface area contributed by atoms with Crippen LogP contribution in [0.25, 0.3) is 0 Å². The number of hydrogen-bond donors (Lipinski definition) is 1. The number of rotatable bonds is 6. The summed E-state index contributed by atoms with van der Waals surface area (Å²) in [5.74, 6) is 1.02. The molecule has 2 heterocycles. The van der Waals surface area contributed by atoms with Crippen molar-refractivity contribution in [3.63, 3.8) is 0 Å². The van der Waals surface area contributed by atoms with Crippen LogP contribution in [-0.2, 0) is 6.54 Å². The van der Waals surface area contributed by atoms with E-state index in [9.17, 15) is 0 Å². The lowest BCUT2D eigenvalue weighted by Gasteiger charge is -2.29. The molecular formula is C14H18N2OS. The molecule has 1 saturated carbocycles. The topological polar surface area (TPSA) is 42.4 Å². The van der Waals surface area contributed by atoms with Gasteiger partial charge in [-0.05, 0) is 36.4 Å². The maximum Gasteiger partial charge on any atom is 0.117 e. The Labute approximate surface area is 111 Å². The highest BCUT2D eigenvalue weighted by Crippen LogP contribution is 2.36. The van der Waals surface area contributed by atoms with Crippen LogP contribution in [0.1, 0.15) is 29.5 Å². The second-order valence-corrected chi connectivity index (χ2v) is 5.73. The highest BCUT2D eigenvalue weighted by atomic mass is 32.1. The molecule has 96 valence electrons. The standard InChI is InChI=1S/C14H18N2OS/c15-9-13(14-4-2-8-18-14)16(11-5-6-11)10-12-3-1-7-17-12/h1-4,7-8,11,13H,5-6,9-10,15H2. The highest BCUT2D eigenvalue weighted by Gasteiger charge is 2.34. The van der Waals surface area contributed by atoms with E-state index in [1.54, 1.807) is 17.6 Å². The number of nitrogens with two attached hydrogens (primary N) is 1. The highest BCUT2D eigenvalue weighted by molar-refractivity contribution is 7.10. The van der Waals surface area contributed by atoms with Gasteiger partial charge in [0.25, 0.3) is 0 Å². The first-order chi connectivity index (χ1) is 8.88. The third kappa shape index (κ3) is 2.51. The fourth-order valence-corrected chi connectivity index (χ4v) is 3.24. The third-order valence-corrected chi connectivity index (χ3v) is 4.40. The van der Waals surface area contributed by atoms with Gasteiger partial charge in [-0.2, -0.15) is 0 Å². The fraction of sp³-hybridized carbons (Fsp3) is 0.429. The van der Waals surface area contributed by atoms with E-state index in [-0.39, 0.29) is 0 Å². The summed E-state index contributed by atoms with van der Waals surface area (Å²) in [6.45, 7) is 1.52. The Morgan fingerprint density at radius 1 is 1.39 bits per heavy atom. The molecule has 0 aliphatic heterocycles. The molecular weight excluding hydrogens is 244 g/mol.